The first kappa shape index (κ1) is 39.3. The third-order valence-electron chi connectivity index (χ3n) is 15.4. The van der Waals surface area contributed by atoms with E-state index >= 15 is 0 Å². The molecule has 0 atom stereocenters. The first-order valence-corrected chi connectivity index (χ1v) is 24.2. The third-order valence-corrected chi connectivity index (χ3v) is 15.4. The van der Waals surface area contributed by atoms with E-state index in [4.69, 9.17) is 13.6 Å². The molecule has 0 saturated heterocycles. The summed E-state index contributed by atoms with van der Waals surface area (Å²) >= 11 is 0. The van der Waals surface area contributed by atoms with Crippen molar-refractivity contribution in [3.05, 3.63) is 230 Å². The second-order valence-corrected chi connectivity index (χ2v) is 19.5. The molecule has 3 aliphatic heterocycles. The fourth-order valence-electron chi connectivity index (χ4n) is 12.3. The zero-order valence-electron chi connectivity index (χ0n) is 38.6. The Balaban J connectivity index is 0.960. The van der Waals surface area contributed by atoms with Crippen LogP contribution in [0, 0.1) is 0 Å². The number of anilines is 6. The SMILES string of the molecule is CC1(C)c2ccccc2N(c2ccc(B3c4oc5ccc6ccccc6c5c4B(c4ccc(N5c6ccccc6Oc6ccccc65)cc4)c4oc5ccc6ccccc6c5c43)cc2)c2ccccc21. The average molecular weight is 897 g/mol. The Labute approximate surface area is 406 Å². The zero-order valence-corrected chi connectivity index (χ0v) is 38.6. The van der Waals surface area contributed by atoms with E-state index in [-0.39, 0.29) is 18.8 Å². The molecule has 328 valence electrons. The number of hydrogen-bond acceptors (Lipinski definition) is 5. The Hall–Kier alpha value is -8.67. The van der Waals surface area contributed by atoms with Crippen molar-refractivity contribution in [1.29, 1.82) is 0 Å². The monoisotopic (exact) mass is 896 g/mol. The maximum atomic E-state index is 7.39. The van der Waals surface area contributed by atoms with Gasteiger partial charge in [-0.15, -0.1) is 0 Å². The Morgan fingerprint density at radius 3 is 1.23 bits per heavy atom. The highest BCUT2D eigenvalue weighted by molar-refractivity contribution is 7.12. The number of fused-ring (bicyclic) bond motifs is 14. The second-order valence-electron chi connectivity index (χ2n) is 19.5. The van der Waals surface area contributed by atoms with Crippen molar-refractivity contribution in [3.63, 3.8) is 0 Å². The number of para-hydroxylation sites is 6. The maximum absolute atomic E-state index is 7.39. The van der Waals surface area contributed by atoms with Crippen LogP contribution in [-0.2, 0) is 5.41 Å². The van der Waals surface area contributed by atoms with Crippen LogP contribution < -0.4 is 47.7 Å². The summed E-state index contributed by atoms with van der Waals surface area (Å²) in [5.74, 6) is 1.65. The van der Waals surface area contributed by atoms with Crippen LogP contribution >= 0.6 is 0 Å². The molecule has 5 nitrogen and oxygen atoms in total. The summed E-state index contributed by atoms with van der Waals surface area (Å²) in [7, 11) is 0. The number of ether oxygens (including phenoxy) is 1. The average Bonchev–Trinajstić information content (AvgIpc) is 4.00. The standard InChI is InChI=1S/C63H42B2N2O3/c1-63(2)47-19-7-9-21-49(47)66(50-22-10-8-20-48(50)63)43-33-29-41(30-34-43)64-59-57-45-17-5-3-15-39(45)27-37-55(57)70-62(59)65(60-58-46-18-6-4-16-40(46)28-38-56(58)69-61(60)64)42-31-35-44(36-32-42)67-51-23-11-13-25-53(51)68-54-26-14-12-24-52(54)67/h3-38H,1-2H3. The molecular weight excluding hydrogens is 854 g/mol. The van der Waals surface area contributed by atoms with E-state index in [2.05, 4.69) is 218 Å². The summed E-state index contributed by atoms with van der Waals surface area (Å²) in [5, 5.41) is 6.93. The largest absolute Gasteiger partial charge is 0.471 e. The van der Waals surface area contributed by atoms with Crippen molar-refractivity contribution >= 4 is 124 Å². The van der Waals surface area contributed by atoms with Gasteiger partial charge in [0.15, 0.2) is 11.5 Å². The van der Waals surface area contributed by atoms with Crippen molar-refractivity contribution < 1.29 is 13.6 Å². The van der Waals surface area contributed by atoms with E-state index in [0.717, 1.165) is 94.7 Å². The molecule has 0 bridgehead atoms. The van der Waals surface area contributed by atoms with Gasteiger partial charge in [-0.2, -0.15) is 0 Å². The molecule has 0 saturated carbocycles. The first-order chi connectivity index (χ1) is 34.5. The minimum absolute atomic E-state index is 0.147. The van der Waals surface area contributed by atoms with Crippen molar-refractivity contribution in [2.24, 2.45) is 0 Å². The van der Waals surface area contributed by atoms with Gasteiger partial charge in [-0.05, 0) is 116 Å². The summed E-state index contributed by atoms with van der Waals surface area (Å²) in [6.07, 6.45) is 0. The van der Waals surface area contributed by atoms with Crippen molar-refractivity contribution in [1.82, 2.24) is 0 Å². The third kappa shape index (κ3) is 5.51. The van der Waals surface area contributed by atoms with Gasteiger partial charge in [0.1, 0.15) is 11.2 Å². The summed E-state index contributed by atoms with van der Waals surface area (Å²) in [4.78, 5) is 4.73. The topological polar surface area (TPSA) is 42.0 Å². The lowest BCUT2D eigenvalue weighted by Crippen LogP contribution is -2.73. The number of hydrogen-bond donors (Lipinski definition) is 0. The minimum Gasteiger partial charge on any atom is -0.471 e. The molecule has 3 aliphatic rings. The summed E-state index contributed by atoms with van der Waals surface area (Å²) in [6, 6.07) is 78.6. The van der Waals surface area contributed by atoms with Gasteiger partial charge in [0.25, 0.3) is 13.4 Å². The van der Waals surface area contributed by atoms with Gasteiger partial charge in [0.2, 0.25) is 0 Å². The second kappa shape index (κ2) is 14.7. The van der Waals surface area contributed by atoms with Crippen LogP contribution in [0.5, 0.6) is 11.5 Å². The summed E-state index contributed by atoms with van der Waals surface area (Å²) in [6.45, 7) is 4.13. The van der Waals surface area contributed by atoms with E-state index in [1.807, 2.05) is 24.3 Å². The predicted molar refractivity (Wildman–Crippen MR) is 291 cm³/mol. The van der Waals surface area contributed by atoms with Gasteiger partial charge in [0.05, 0.1) is 34.1 Å². The number of rotatable bonds is 4. The Morgan fingerprint density at radius 2 is 0.757 bits per heavy atom. The number of nitrogens with zero attached hydrogens (tertiary/aromatic N) is 2. The highest BCUT2D eigenvalue weighted by atomic mass is 16.5. The van der Waals surface area contributed by atoms with Crippen LogP contribution in [-0.4, -0.2) is 13.4 Å². The Bertz CT molecular complexity index is 4020. The van der Waals surface area contributed by atoms with Crippen LogP contribution in [0.15, 0.2) is 227 Å². The van der Waals surface area contributed by atoms with Gasteiger partial charge in [0, 0.05) is 27.6 Å². The van der Waals surface area contributed by atoms with Gasteiger partial charge >= 0.3 is 0 Å². The molecular formula is C63H42B2N2O3. The summed E-state index contributed by atoms with van der Waals surface area (Å²) < 4.78 is 21.2. The van der Waals surface area contributed by atoms with Crippen LogP contribution in [0.1, 0.15) is 25.0 Å². The van der Waals surface area contributed by atoms with E-state index in [1.165, 1.54) is 38.7 Å². The molecule has 12 aromatic rings. The first-order valence-electron chi connectivity index (χ1n) is 24.2. The lowest BCUT2D eigenvalue weighted by Gasteiger charge is -2.42. The van der Waals surface area contributed by atoms with Gasteiger partial charge in [-0.25, -0.2) is 0 Å². The molecule has 0 amide bonds. The smallest absolute Gasteiger partial charge is 0.290 e. The zero-order chi connectivity index (χ0) is 46.2. The van der Waals surface area contributed by atoms with E-state index in [1.54, 1.807) is 0 Å². The summed E-state index contributed by atoms with van der Waals surface area (Å²) in [5.41, 5.74) is 17.2. The molecule has 0 spiro atoms. The predicted octanol–water partition coefficient (Wildman–Crippen LogP) is 12.5. The van der Waals surface area contributed by atoms with Gasteiger partial charge < -0.3 is 23.4 Å². The van der Waals surface area contributed by atoms with Crippen molar-refractivity contribution in [2.45, 2.75) is 19.3 Å². The molecule has 0 N–H and O–H groups in total. The van der Waals surface area contributed by atoms with Crippen molar-refractivity contribution in [2.75, 3.05) is 9.80 Å². The lowest BCUT2D eigenvalue weighted by molar-refractivity contribution is 0.477. The van der Waals surface area contributed by atoms with Crippen LogP contribution in [0.3, 0.4) is 0 Å². The highest BCUT2D eigenvalue weighted by Gasteiger charge is 2.47. The molecule has 0 aliphatic carbocycles. The van der Waals surface area contributed by atoms with Gasteiger partial charge in [-0.3, -0.25) is 0 Å². The minimum atomic E-state index is -0.276. The fraction of sp³-hybridized carbons (Fsp3) is 0.0476. The van der Waals surface area contributed by atoms with Crippen LogP contribution in [0.4, 0.5) is 34.1 Å². The van der Waals surface area contributed by atoms with Crippen LogP contribution in [0.2, 0.25) is 0 Å². The quantitative estimate of drug-likeness (QED) is 0.165. The fourth-order valence-corrected chi connectivity index (χ4v) is 12.3. The molecule has 0 radical (unpaired) electrons. The highest BCUT2D eigenvalue weighted by Crippen LogP contribution is 2.52. The number of benzene rings is 10. The molecule has 0 fully saturated rings. The molecule has 70 heavy (non-hydrogen) atoms. The molecule has 5 heterocycles. The van der Waals surface area contributed by atoms with Crippen molar-refractivity contribution in [3.8, 4) is 11.5 Å². The lowest BCUT2D eigenvalue weighted by atomic mass is 9.23. The van der Waals surface area contributed by atoms with Gasteiger partial charge in [-0.1, -0.05) is 170 Å². The molecule has 15 rings (SSSR count). The molecule has 2 aromatic heterocycles. The maximum Gasteiger partial charge on any atom is 0.290 e. The van der Waals surface area contributed by atoms with Crippen LogP contribution in [0.25, 0.3) is 43.5 Å². The Morgan fingerprint density at radius 1 is 0.371 bits per heavy atom. The Kier molecular flexibility index (Phi) is 8.24. The number of furan rings is 2. The van der Waals surface area contributed by atoms with E-state index in [0.29, 0.717) is 0 Å². The molecule has 7 heteroatoms. The van der Waals surface area contributed by atoms with E-state index in [9.17, 15) is 0 Å². The van der Waals surface area contributed by atoms with E-state index < -0.39 is 0 Å². The molecule has 10 aromatic carbocycles. The molecule has 0 unspecified atom stereocenters. The normalized spacial score (nSPS) is 14.3.